The monoisotopic (exact) mass is 365 g/mol. The van der Waals surface area contributed by atoms with Gasteiger partial charge >= 0.3 is 0 Å². The van der Waals surface area contributed by atoms with Gasteiger partial charge in [-0.2, -0.15) is 0 Å². The van der Waals surface area contributed by atoms with E-state index in [0.29, 0.717) is 0 Å². The highest BCUT2D eigenvalue weighted by molar-refractivity contribution is 9.10. The van der Waals surface area contributed by atoms with E-state index in [9.17, 15) is 0 Å². The highest BCUT2D eigenvalue weighted by Crippen LogP contribution is 2.35. The maximum atomic E-state index is 6.07. The second-order valence-corrected chi connectivity index (χ2v) is 6.85. The van der Waals surface area contributed by atoms with Crippen LogP contribution in [0.1, 0.15) is 39.4 Å². The SMILES string of the molecule is CNC(c1ccc(Cl)cc1Br)c1c(C)c(C)cc(C)c1C. The number of aryl methyl sites for hydroxylation is 2. The molecule has 0 aliphatic rings. The third kappa shape index (κ3) is 3.18. The van der Waals surface area contributed by atoms with Gasteiger partial charge in [0.15, 0.2) is 0 Å². The summed E-state index contributed by atoms with van der Waals surface area (Å²) in [5.41, 5.74) is 7.92. The Morgan fingerprint density at radius 1 is 1.00 bits per heavy atom. The van der Waals surface area contributed by atoms with Crippen molar-refractivity contribution in [3.8, 4) is 0 Å². The van der Waals surface area contributed by atoms with E-state index in [2.05, 4.69) is 61.1 Å². The number of halogens is 2. The molecule has 0 spiro atoms. The van der Waals surface area contributed by atoms with Gasteiger partial charge in [0.2, 0.25) is 0 Å². The van der Waals surface area contributed by atoms with E-state index in [-0.39, 0.29) is 6.04 Å². The molecule has 0 bridgehead atoms. The third-order valence-electron chi connectivity index (χ3n) is 4.27. The molecule has 1 N–H and O–H groups in total. The van der Waals surface area contributed by atoms with Gasteiger partial charge in [-0.15, -0.1) is 0 Å². The van der Waals surface area contributed by atoms with Crippen LogP contribution in [0.4, 0.5) is 0 Å². The lowest BCUT2D eigenvalue weighted by Gasteiger charge is -2.25. The van der Waals surface area contributed by atoms with E-state index in [1.807, 2.05) is 19.2 Å². The van der Waals surface area contributed by atoms with Gasteiger partial charge in [-0.1, -0.05) is 39.7 Å². The zero-order chi connectivity index (χ0) is 15.7. The quantitative estimate of drug-likeness (QED) is 0.740. The standard InChI is InChI=1S/C18H21BrClN/c1-10-8-11(2)13(4)17(12(10)3)18(21-5)15-7-6-14(20)9-16(15)19/h6-9,18,21H,1-5H3. The van der Waals surface area contributed by atoms with Crippen LogP contribution in [0, 0.1) is 27.7 Å². The van der Waals surface area contributed by atoms with E-state index < -0.39 is 0 Å². The first kappa shape index (κ1) is 16.5. The molecule has 2 rings (SSSR count). The Hall–Kier alpha value is -0.830. The number of hydrogen-bond acceptors (Lipinski definition) is 1. The Balaban J connectivity index is 2.67. The van der Waals surface area contributed by atoms with Crippen LogP contribution < -0.4 is 5.32 Å². The van der Waals surface area contributed by atoms with Crippen molar-refractivity contribution in [3.05, 3.63) is 67.1 Å². The molecule has 0 amide bonds. The molecule has 0 aromatic heterocycles. The van der Waals surface area contributed by atoms with Crippen molar-refractivity contribution in [2.75, 3.05) is 7.05 Å². The zero-order valence-electron chi connectivity index (χ0n) is 13.1. The maximum absolute atomic E-state index is 6.07. The maximum Gasteiger partial charge on any atom is 0.0590 e. The number of rotatable bonds is 3. The average Bonchev–Trinajstić information content (AvgIpc) is 2.42. The summed E-state index contributed by atoms with van der Waals surface area (Å²) in [7, 11) is 2.00. The van der Waals surface area contributed by atoms with E-state index in [1.165, 1.54) is 33.4 Å². The minimum absolute atomic E-state index is 0.148. The smallest absolute Gasteiger partial charge is 0.0590 e. The van der Waals surface area contributed by atoms with E-state index in [4.69, 9.17) is 11.6 Å². The highest BCUT2D eigenvalue weighted by atomic mass is 79.9. The van der Waals surface area contributed by atoms with Crippen LogP contribution in [0.5, 0.6) is 0 Å². The Bertz CT molecular complexity index is 653. The molecule has 1 atom stereocenters. The summed E-state index contributed by atoms with van der Waals surface area (Å²) in [6.07, 6.45) is 0. The molecule has 1 unspecified atom stereocenters. The Labute approximate surface area is 140 Å². The third-order valence-corrected chi connectivity index (χ3v) is 5.20. The Morgan fingerprint density at radius 3 is 2.05 bits per heavy atom. The second kappa shape index (κ2) is 6.51. The van der Waals surface area contributed by atoms with Gasteiger partial charge in [0.1, 0.15) is 0 Å². The molecule has 0 aliphatic heterocycles. The second-order valence-electron chi connectivity index (χ2n) is 5.56. The number of benzene rings is 2. The summed E-state index contributed by atoms with van der Waals surface area (Å²) in [6.45, 7) is 8.75. The van der Waals surface area contributed by atoms with Gasteiger partial charge < -0.3 is 5.32 Å². The normalized spacial score (nSPS) is 12.5. The molecule has 0 aliphatic carbocycles. The average molecular weight is 367 g/mol. The predicted molar refractivity (Wildman–Crippen MR) is 95.4 cm³/mol. The van der Waals surface area contributed by atoms with Crippen LogP contribution in [-0.4, -0.2) is 7.05 Å². The van der Waals surface area contributed by atoms with E-state index >= 15 is 0 Å². The molecule has 2 aromatic rings. The topological polar surface area (TPSA) is 12.0 Å². The summed E-state index contributed by atoms with van der Waals surface area (Å²) >= 11 is 9.72. The predicted octanol–water partition coefficient (Wildman–Crippen LogP) is 5.64. The van der Waals surface area contributed by atoms with Gasteiger partial charge in [-0.25, -0.2) is 0 Å². The zero-order valence-corrected chi connectivity index (χ0v) is 15.5. The molecule has 0 saturated carbocycles. The van der Waals surface area contributed by atoms with Crippen LogP contribution in [0.15, 0.2) is 28.7 Å². The van der Waals surface area contributed by atoms with Crippen molar-refractivity contribution >= 4 is 27.5 Å². The number of hydrogen-bond donors (Lipinski definition) is 1. The van der Waals surface area contributed by atoms with Crippen molar-refractivity contribution in [3.63, 3.8) is 0 Å². The molecule has 112 valence electrons. The number of nitrogens with one attached hydrogen (secondary N) is 1. The van der Waals surface area contributed by atoms with Crippen LogP contribution in [0.3, 0.4) is 0 Å². The van der Waals surface area contributed by atoms with Crippen molar-refractivity contribution in [1.29, 1.82) is 0 Å². The molecule has 3 heteroatoms. The van der Waals surface area contributed by atoms with Gasteiger partial charge in [0, 0.05) is 9.50 Å². The minimum atomic E-state index is 0.148. The molecule has 2 aromatic carbocycles. The first-order chi connectivity index (χ1) is 9.86. The fraction of sp³-hybridized carbons (Fsp3) is 0.333. The largest absolute Gasteiger partial charge is 0.309 e. The molecule has 21 heavy (non-hydrogen) atoms. The minimum Gasteiger partial charge on any atom is -0.309 e. The van der Waals surface area contributed by atoms with Crippen LogP contribution in [-0.2, 0) is 0 Å². The summed E-state index contributed by atoms with van der Waals surface area (Å²) in [6, 6.07) is 8.39. The van der Waals surface area contributed by atoms with Gasteiger partial charge in [0.05, 0.1) is 6.04 Å². The van der Waals surface area contributed by atoms with Crippen molar-refractivity contribution in [1.82, 2.24) is 5.32 Å². The summed E-state index contributed by atoms with van der Waals surface area (Å²) in [5, 5.41) is 4.20. The molecule has 0 saturated heterocycles. The molecule has 1 nitrogen and oxygen atoms in total. The summed E-state index contributed by atoms with van der Waals surface area (Å²) < 4.78 is 1.03. The molecule has 0 fully saturated rings. The van der Waals surface area contributed by atoms with Crippen molar-refractivity contribution in [2.24, 2.45) is 0 Å². The lowest BCUT2D eigenvalue weighted by atomic mass is 9.87. The van der Waals surface area contributed by atoms with Gasteiger partial charge in [-0.3, -0.25) is 0 Å². The van der Waals surface area contributed by atoms with Crippen molar-refractivity contribution in [2.45, 2.75) is 33.7 Å². The summed E-state index contributed by atoms with van der Waals surface area (Å²) in [4.78, 5) is 0. The fourth-order valence-electron chi connectivity index (χ4n) is 2.87. The van der Waals surface area contributed by atoms with Gasteiger partial charge in [-0.05, 0) is 80.3 Å². The molecular weight excluding hydrogens is 346 g/mol. The van der Waals surface area contributed by atoms with Crippen molar-refractivity contribution < 1.29 is 0 Å². The van der Waals surface area contributed by atoms with E-state index in [1.54, 1.807) is 0 Å². The van der Waals surface area contributed by atoms with Gasteiger partial charge in [0.25, 0.3) is 0 Å². The van der Waals surface area contributed by atoms with Crippen LogP contribution >= 0.6 is 27.5 Å². The molecule has 0 heterocycles. The first-order valence-electron chi connectivity index (χ1n) is 7.06. The van der Waals surface area contributed by atoms with Crippen LogP contribution in [0.25, 0.3) is 0 Å². The lowest BCUT2D eigenvalue weighted by Crippen LogP contribution is -2.21. The first-order valence-corrected chi connectivity index (χ1v) is 8.23. The Kier molecular flexibility index (Phi) is 5.13. The highest BCUT2D eigenvalue weighted by Gasteiger charge is 2.21. The fourth-order valence-corrected chi connectivity index (χ4v) is 3.78. The lowest BCUT2D eigenvalue weighted by molar-refractivity contribution is 0.678. The molecule has 0 radical (unpaired) electrons. The Morgan fingerprint density at radius 2 is 1.57 bits per heavy atom. The van der Waals surface area contributed by atoms with Crippen LogP contribution in [0.2, 0.25) is 5.02 Å². The summed E-state index contributed by atoms with van der Waals surface area (Å²) in [5.74, 6) is 0. The van der Waals surface area contributed by atoms with E-state index in [0.717, 1.165) is 9.50 Å². The molecular formula is C18H21BrClN.